The number of aryl methyl sites for hydroxylation is 5. The fraction of sp³-hybridized carbons (Fsp3) is 0.287. The largest absolute Gasteiger partial charge is 0.488 e. The predicted molar refractivity (Wildman–Crippen MR) is 467 cm³/mol. The van der Waals surface area contributed by atoms with E-state index in [0.717, 1.165) is 17.2 Å². The van der Waals surface area contributed by atoms with Crippen LogP contribution in [-0.2, 0) is 59.8 Å². The van der Waals surface area contributed by atoms with Crippen molar-refractivity contribution in [1.82, 2.24) is 0 Å². The Balaban J connectivity index is 0.000000169. The molecule has 0 aliphatic carbocycles. The first-order chi connectivity index (χ1) is 50.8. The van der Waals surface area contributed by atoms with E-state index in [1.165, 1.54) is 103 Å². The van der Waals surface area contributed by atoms with Gasteiger partial charge in [0, 0.05) is 0 Å². The minimum atomic E-state index is -0.276. The molecule has 7 heteroatoms. The second-order valence-corrected chi connectivity index (χ2v) is 42.1. The molecule has 12 aromatic rings. The first-order valence-electron chi connectivity index (χ1n) is 37.9. The Hall–Kier alpha value is -8.56. The normalized spacial score (nSPS) is 12.0. The molecule has 0 radical (unpaired) electrons. The van der Waals surface area contributed by atoms with E-state index in [0.29, 0.717) is 0 Å². The third kappa shape index (κ3) is 25.0. The van der Waals surface area contributed by atoms with Crippen molar-refractivity contribution in [1.29, 1.82) is 0 Å². The monoisotopic (exact) mass is 1510 g/mol. The summed E-state index contributed by atoms with van der Waals surface area (Å²) in [6.45, 7) is 49.8. The van der Waals surface area contributed by atoms with Crippen molar-refractivity contribution >= 4 is 43.6 Å². The van der Waals surface area contributed by atoms with Crippen molar-refractivity contribution < 1.29 is 14.2 Å². The van der Waals surface area contributed by atoms with Gasteiger partial charge in [-0.1, -0.05) is 194 Å². The lowest BCUT2D eigenvalue weighted by atomic mass is 9.87. The van der Waals surface area contributed by atoms with E-state index in [1.807, 2.05) is 0 Å². The van der Waals surface area contributed by atoms with Crippen LogP contribution >= 0.6 is 0 Å². The van der Waals surface area contributed by atoms with Crippen molar-refractivity contribution in [2.24, 2.45) is 0 Å². The molecule has 0 saturated carbocycles. The molecule has 0 spiro atoms. The van der Waals surface area contributed by atoms with Gasteiger partial charge < -0.3 is 14.2 Å². The maximum Gasteiger partial charge on any atom is 0.167 e. The van der Waals surface area contributed by atoms with E-state index in [2.05, 4.69) is 456 Å². The van der Waals surface area contributed by atoms with E-state index in [4.69, 9.17) is 14.2 Å². The second-order valence-electron chi connectivity index (χ2n) is 34.0. The van der Waals surface area contributed by atoms with Crippen LogP contribution in [0.4, 0.5) is 0 Å². The molecule has 12 aromatic carbocycles. The van der Waals surface area contributed by atoms with E-state index in [-0.39, 0.29) is 76.6 Å². The summed E-state index contributed by atoms with van der Waals surface area (Å²) in [5, 5.41) is 0. The van der Waals surface area contributed by atoms with Gasteiger partial charge in [-0.05, 0) is 323 Å². The van der Waals surface area contributed by atoms with Crippen LogP contribution in [0, 0.1) is 34.6 Å². The Labute approximate surface area is 662 Å². The zero-order valence-electron chi connectivity index (χ0n) is 68.6. The van der Waals surface area contributed by atoms with Crippen LogP contribution in [0.3, 0.4) is 0 Å². The van der Waals surface area contributed by atoms with Crippen molar-refractivity contribution in [2.75, 3.05) is 0 Å². The highest BCUT2D eigenvalue weighted by Gasteiger charge is 2.34. The summed E-state index contributed by atoms with van der Waals surface area (Å²) in [6, 6.07) is 109. The summed E-state index contributed by atoms with van der Waals surface area (Å²) >= 11 is 0. The Morgan fingerprint density at radius 2 is 0.352 bits per heavy atom. The number of hydrogen-bond acceptors (Lipinski definition) is 3. The van der Waals surface area contributed by atoms with Crippen LogP contribution in [-0.4, -0.2) is 16.8 Å². The SMILES string of the molecule is CC(C)(C)Oc1ccc([S+](c2ccc(OC(C)(C)C)cc2)c2ccc(OC(C)(C)C)cc2)cc1.CC(C)(C)c1ccc([S+](c2ccc(C(C)(C)C)cc2)c2ccc(C(C)(C)C)cc2)cc1.Cc1cc(C)cc([S+](c2ccccc2)c2ccccc2)c1.Cc1ccc([S+](c2ccc(C)cc2)c2ccc(C)cc2)cc1. The smallest absolute Gasteiger partial charge is 0.167 e. The molecule has 0 bridgehead atoms. The number of rotatable bonds is 15. The fourth-order valence-electron chi connectivity index (χ4n) is 12.1. The van der Waals surface area contributed by atoms with Gasteiger partial charge in [0.1, 0.15) is 34.1 Å². The molecule has 0 amide bonds. The lowest BCUT2D eigenvalue weighted by Gasteiger charge is -2.22. The molecule has 12 rings (SSSR count). The van der Waals surface area contributed by atoms with Crippen LogP contribution in [0.25, 0.3) is 0 Å². The first-order valence-corrected chi connectivity index (χ1v) is 42.8. The average molecular weight is 1510 g/mol. The zero-order valence-corrected chi connectivity index (χ0v) is 71.9. The molecule has 3 nitrogen and oxygen atoms in total. The summed E-state index contributed by atoms with van der Waals surface area (Å²) in [7, 11) is -0.470. The van der Waals surface area contributed by atoms with Crippen LogP contribution < -0.4 is 14.2 Å². The number of hydrogen-bond donors (Lipinski definition) is 0. The summed E-state index contributed by atoms with van der Waals surface area (Å²) in [5.74, 6) is 2.63. The van der Waals surface area contributed by atoms with Gasteiger partial charge in [0.25, 0.3) is 0 Å². The minimum absolute atomic E-state index is 0.0352. The van der Waals surface area contributed by atoms with Gasteiger partial charge in [0.05, 0.1) is 43.6 Å². The van der Waals surface area contributed by atoms with Crippen molar-refractivity contribution in [3.8, 4) is 17.2 Å². The minimum Gasteiger partial charge on any atom is -0.488 e. The van der Waals surface area contributed by atoms with Gasteiger partial charge in [-0.3, -0.25) is 0 Å². The molecule has 0 fully saturated rings. The lowest BCUT2D eigenvalue weighted by Crippen LogP contribution is -2.23. The maximum absolute atomic E-state index is 6.04. The number of benzene rings is 12. The van der Waals surface area contributed by atoms with E-state index in [1.54, 1.807) is 0 Å². The molecule has 0 atom stereocenters. The molecule has 0 aromatic heterocycles. The molecule has 0 N–H and O–H groups in total. The summed E-state index contributed by atoms with van der Waals surface area (Å²) < 4.78 is 18.1. The highest BCUT2D eigenvalue weighted by atomic mass is 32.2. The van der Waals surface area contributed by atoms with E-state index in [9.17, 15) is 0 Å². The van der Waals surface area contributed by atoms with Gasteiger partial charge in [-0.25, -0.2) is 0 Å². The Morgan fingerprint density at radius 1 is 0.176 bits per heavy atom. The van der Waals surface area contributed by atoms with Gasteiger partial charge in [0.2, 0.25) is 0 Å². The second kappa shape index (κ2) is 36.3. The third-order valence-electron chi connectivity index (χ3n) is 17.5. The van der Waals surface area contributed by atoms with Crippen LogP contribution in [0.5, 0.6) is 17.2 Å². The van der Waals surface area contributed by atoms with Crippen molar-refractivity contribution in [2.45, 2.75) is 251 Å². The molecule has 560 valence electrons. The average Bonchev–Trinajstić information content (AvgIpc) is 0.787. The standard InChI is InChI=1S/C30H39O3S.C30H39S.C21H21S.C20H19S/c1-28(2,3)31-22-10-16-25(17-11-22)34(26-18-12-23(13-19-26)32-29(4,5)6)27-20-14-24(15-21-27)33-30(7,8)9;1-28(2,3)22-10-16-25(17-11-22)31(26-18-12-23(13-19-26)29(4,5)6)27-20-14-24(15-21-27)30(7,8)9;1-16-4-10-19(11-5-16)22(20-12-6-17(2)7-13-20)21-14-8-18(3)9-15-21;1-16-13-17(2)15-20(14-16)21(18-9-5-3-6-10-18)19-11-7-4-8-12-19/h10-21H,1-9H3;10-21H,1-9H3;4-15H,1-3H3;3-15H,1-2H3/q4*+1. The topological polar surface area (TPSA) is 27.7 Å². The molecule has 0 aliphatic heterocycles. The Kier molecular flexibility index (Phi) is 28.1. The Bertz CT molecular complexity index is 4280. The summed E-state index contributed by atoms with van der Waals surface area (Å²) in [6.07, 6.45) is 0. The molecule has 0 saturated heterocycles. The predicted octanol–water partition coefficient (Wildman–Crippen LogP) is 28.1. The third-order valence-corrected chi connectivity index (χ3v) is 26.4. The molecule has 0 aliphatic rings. The highest BCUT2D eigenvalue weighted by molar-refractivity contribution is 7.98. The molecule has 108 heavy (non-hydrogen) atoms. The van der Waals surface area contributed by atoms with Gasteiger partial charge in [-0.2, -0.15) is 0 Å². The molecule has 0 heterocycles. The highest BCUT2D eigenvalue weighted by Crippen LogP contribution is 2.40. The summed E-state index contributed by atoms with van der Waals surface area (Å²) in [5.41, 5.74) is 10.5. The van der Waals surface area contributed by atoms with Crippen LogP contribution in [0.2, 0.25) is 0 Å². The van der Waals surface area contributed by atoms with E-state index < -0.39 is 0 Å². The van der Waals surface area contributed by atoms with E-state index >= 15 is 0 Å². The van der Waals surface area contributed by atoms with Crippen molar-refractivity contribution in [3.63, 3.8) is 0 Å². The fourth-order valence-corrected chi connectivity index (χ4v) is 20.5. The number of ether oxygens (including phenoxy) is 3. The van der Waals surface area contributed by atoms with Gasteiger partial charge >= 0.3 is 0 Å². The lowest BCUT2D eigenvalue weighted by molar-refractivity contribution is 0.130. The quantitative estimate of drug-likeness (QED) is 0.0958. The molecular weight excluding hydrogens is 1390 g/mol. The summed E-state index contributed by atoms with van der Waals surface area (Å²) in [4.78, 5) is 16.1. The Morgan fingerprint density at radius 3 is 0.546 bits per heavy atom. The maximum atomic E-state index is 6.04. The van der Waals surface area contributed by atoms with Gasteiger partial charge in [0.15, 0.2) is 58.7 Å². The zero-order chi connectivity index (χ0) is 78.4. The van der Waals surface area contributed by atoms with Crippen molar-refractivity contribution in [3.05, 3.63) is 342 Å². The van der Waals surface area contributed by atoms with Crippen LogP contribution in [0.1, 0.15) is 169 Å². The van der Waals surface area contributed by atoms with Gasteiger partial charge in [-0.15, -0.1) is 0 Å². The molecular formula is C101H118O3S4+4. The first kappa shape index (κ1) is 83.5. The molecule has 0 unspecified atom stereocenters. The van der Waals surface area contributed by atoms with Crippen LogP contribution in [0.15, 0.2) is 356 Å².